The molecule has 2 rings (SSSR count). The molecule has 6 heteroatoms. The van der Waals surface area contributed by atoms with Crippen LogP contribution in [-0.4, -0.2) is 44.8 Å². The van der Waals surface area contributed by atoms with Crippen LogP contribution in [0, 0.1) is 6.92 Å². The molecule has 2 heterocycles. The second-order valence-electron chi connectivity index (χ2n) is 5.22. The molecule has 0 fully saturated rings. The zero-order valence-electron chi connectivity index (χ0n) is 12.9. The van der Waals surface area contributed by atoms with Crippen LogP contribution >= 0.6 is 11.6 Å². The van der Waals surface area contributed by atoms with E-state index >= 15 is 0 Å². The SMILES string of the molecule is CCN(C)C(=O)C(C)n1c(CCCl)nc2cc(C)cnc21. The van der Waals surface area contributed by atoms with Crippen molar-refractivity contribution in [3.63, 3.8) is 0 Å². The fourth-order valence-corrected chi connectivity index (χ4v) is 2.55. The highest BCUT2D eigenvalue weighted by atomic mass is 35.5. The number of fused-ring (bicyclic) bond motifs is 1. The number of hydrogen-bond acceptors (Lipinski definition) is 3. The summed E-state index contributed by atoms with van der Waals surface area (Å²) in [5.74, 6) is 1.32. The van der Waals surface area contributed by atoms with E-state index in [1.807, 2.05) is 31.4 Å². The number of carbonyl (C=O) groups excluding carboxylic acids is 1. The number of aromatic nitrogens is 3. The molecule has 21 heavy (non-hydrogen) atoms. The largest absolute Gasteiger partial charge is 0.344 e. The van der Waals surface area contributed by atoms with Crippen LogP contribution in [0.15, 0.2) is 12.3 Å². The van der Waals surface area contributed by atoms with Crippen LogP contribution in [0.4, 0.5) is 0 Å². The Hall–Kier alpha value is -1.62. The van der Waals surface area contributed by atoms with Crippen LogP contribution in [0.3, 0.4) is 0 Å². The van der Waals surface area contributed by atoms with Crippen molar-refractivity contribution in [2.75, 3.05) is 19.5 Å². The molecule has 0 aliphatic rings. The molecule has 0 saturated heterocycles. The third kappa shape index (κ3) is 3.02. The van der Waals surface area contributed by atoms with Crippen LogP contribution in [-0.2, 0) is 11.2 Å². The van der Waals surface area contributed by atoms with E-state index in [0.717, 1.165) is 22.6 Å². The zero-order chi connectivity index (χ0) is 15.6. The number of hydrogen-bond donors (Lipinski definition) is 0. The molecular weight excluding hydrogens is 288 g/mol. The number of pyridine rings is 1. The fraction of sp³-hybridized carbons (Fsp3) is 0.533. The Labute approximate surface area is 129 Å². The maximum Gasteiger partial charge on any atom is 0.245 e. The van der Waals surface area contributed by atoms with Crippen molar-refractivity contribution < 1.29 is 4.79 Å². The van der Waals surface area contributed by atoms with Gasteiger partial charge in [0.2, 0.25) is 5.91 Å². The van der Waals surface area contributed by atoms with E-state index in [1.54, 1.807) is 18.1 Å². The Morgan fingerprint density at radius 1 is 1.52 bits per heavy atom. The van der Waals surface area contributed by atoms with Crippen molar-refractivity contribution in [1.29, 1.82) is 0 Å². The lowest BCUT2D eigenvalue weighted by atomic mass is 10.2. The van der Waals surface area contributed by atoms with Crippen molar-refractivity contribution >= 4 is 28.7 Å². The summed E-state index contributed by atoms with van der Waals surface area (Å²) in [6, 6.07) is 1.64. The summed E-state index contributed by atoms with van der Waals surface area (Å²) in [5, 5.41) is 0. The number of aryl methyl sites for hydroxylation is 2. The van der Waals surface area contributed by atoms with Gasteiger partial charge in [-0.1, -0.05) is 0 Å². The minimum absolute atomic E-state index is 0.0509. The second-order valence-corrected chi connectivity index (χ2v) is 5.60. The highest BCUT2D eigenvalue weighted by Crippen LogP contribution is 2.22. The number of amides is 1. The van der Waals surface area contributed by atoms with Gasteiger partial charge in [0.05, 0.1) is 0 Å². The topological polar surface area (TPSA) is 51.0 Å². The molecule has 0 aliphatic heterocycles. The Balaban J connectivity index is 2.54. The predicted molar refractivity (Wildman–Crippen MR) is 84.7 cm³/mol. The molecule has 0 saturated carbocycles. The summed E-state index contributed by atoms with van der Waals surface area (Å²) in [4.78, 5) is 23.2. The third-order valence-corrected chi connectivity index (χ3v) is 3.84. The molecule has 0 bridgehead atoms. The first kappa shape index (κ1) is 15.8. The minimum Gasteiger partial charge on any atom is -0.344 e. The Kier molecular flexibility index (Phi) is 4.83. The molecule has 2 aromatic heterocycles. The molecule has 5 nitrogen and oxygen atoms in total. The molecule has 1 atom stereocenters. The molecular formula is C15H21ClN4O. The minimum atomic E-state index is -0.339. The predicted octanol–water partition coefficient (Wildman–Crippen LogP) is 2.56. The zero-order valence-corrected chi connectivity index (χ0v) is 13.7. The summed E-state index contributed by atoms with van der Waals surface area (Å²) < 4.78 is 1.91. The van der Waals surface area contributed by atoms with Gasteiger partial charge >= 0.3 is 0 Å². The highest BCUT2D eigenvalue weighted by molar-refractivity contribution is 6.17. The number of imidazole rings is 1. The number of halogens is 1. The lowest BCUT2D eigenvalue weighted by Gasteiger charge is -2.22. The van der Waals surface area contributed by atoms with Gasteiger partial charge in [0.15, 0.2) is 5.65 Å². The molecule has 0 N–H and O–H groups in total. The quantitative estimate of drug-likeness (QED) is 0.798. The summed E-state index contributed by atoms with van der Waals surface area (Å²) in [5.41, 5.74) is 2.61. The first-order valence-electron chi connectivity index (χ1n) is 7.14. The van der Waals surface area contributed by atoms with E-state index in [-0.39, 0.29) is 11.9 Å². The molecule has 0 aliphatic carbocycles. The Bertz CT molecular complexity index is 652. The summed E-state index contributed by atoms with van der Waals surface area (Å²) in [6.07, 6.45) is 2.41. The van der Waals surface area contributed by atoms with Gasteiger partial charge in [-0.2, -0.15) is 0 Å². The molecule has 1 amide bonds. The molecule has 2 aromatic rings. The lowest BCUT2D eigenvalue weighted by molar-refractivity contribution is -0.132. The van der Waals surface area contributed by atoms with Crippen molar-refractivity contribution in [1.82, 2.24) is 19.4 Å². The van der Waals surface area contributed by atoms with E-state index in [1.165, 1.54) is 0 Å². The van der Waals surface area contributed by atoms with Crippen molar-refractivity contribution in [2.45, 2.75) is 33.2 Å². The second kappa shape index (κ2) is 6.43. The molecule has 1 unspecified atom stereocenters. The van der Waals surface area contributed by atoms with Gasteiger partial charge < -0.3 is 9.47 Å². The average Bonchev–Trinajstić information content (AvgIpc) is 2.82. The number of likely N-dealkylation sites (N-methyl/N-ethyl adjacent to an activating group) is 1. The summed E-state index contributed by atoms with van der Waals surface area (Å²) in [7, 11) is 1.80. The standard InChI is InChI=1S/C15H21ClN4O/c1-5-19(4)15(21)11(3)20-13(6-7-16)18-12-8-10(2)9-17-14(12)20/h8-9,11H,5-7H2,1-4H3. The van der Waals surface area contributed by atoms with Gasteiger partial charge in [0.1, 0.15) is 17.4 Å². The lowest BCUT2D eigenvalue weighted by Crippen LogP contribution is -2.33. The molecule has 0 spiro atoms. The van der Waals surface area contributed by atoms with E-state index in [2.05, 4.69) is 9.97 Å². The van der Waals surface area contributed by atoms with Crippen molar-refractivity contribution in [2.24, 2.45) is 0 Å². The Morgan fingerprint density at radius 3 is 2.86 bits per heavy atom. The number of nitrogens with zero attached hydrogens (tertiary/aromatic N) is 4. The molecule has 0 radical (unpaired) electrons. The van der Waals surface area contributed by atoms with Gasteiger partial charge in [-0.25, -0.2) is 9.97 Å². The fourth-order valence-electron chi connectivity index (χ4n) is 2.38. The maximum atomic E-state index is 12.5. The van der Waals surface area contributed by atoms with Crippen LogP contribution in [0.2, 0.25) is 0 Å². The van der Waals surface area contributed by atoms with Gasteiger partial charge in [0.25, 0.3) is 0 Å². The number of alkyl halides is 1. The third-order valence-electron chi connectivity index (χ3n) is 3.65. The van der Waals surface area contributed by atoms with Crippen molar-refractivity contribution in [3.05, 3.63) is 23.7 Å². The van der Waals surface area contributed by atoms with Gasteiger partial charge in [-0.3, -0.25) is 4.79 Å². The number of rotatable bonds is 5. The van der Waals surface area contributed by atoms with Gasteiger partial charge in [0, 0.05) is 32.1 Å². The summed E-state index contributed by atoms with van der Waals surface area (Å²) in [6.45, 7) is 6.49. The highest BCUT2D eigenvalue weighted by Gasteiger charge is 2.24. The van der Waals surface area contributed by atoms with Crippen molar-refractivity contribution in [3.8, 4) is 0 Å². The normalized spacial score (nSPS) is 12.6. The Morgan fingerprint density at radius 2 is 2.24 bits per heavy atom. The summed E-state index contributed by atoms with van der Waals surface area (Å²) >= 11 is 5.87. The van der Waals surface area contributed by atoms with Gasteiger partial charge in [-0.05, 0) is 32.4 Å². The first-order chi connectivity index (χ1) is 9.99. The van der Waals surface area contributed by atoms with E-state index < -0.39 is 0 Å². The average molecular weight is 309 g/mol. The maximum absolute atomic E-state index is 12.5. The van der Waals surface area contributed by atoms with Crippen LogP contribution in [0.5, 0.6) is 0 Å². The molecule has 114 valence electrons. The van der Waals surface area contributed by atoms with Crippen LogP contribution in [0.25, 0.3) is 11.2 Å². The molecule has 0 aromatic carbocycles. The van der Waals surface area contributed by atoms with Crippen LogP contribution < -0.4 is 0 Å². The monoisotopic (exact) mass is 308 g/mol. The van der Waals surface area contributed by atoms with E-state index in [9.17, 15) is 4.79 Å². The first-order valence-corrected chi connectivity index (χ1v) is 7.67. The van der Waals surface area contributed by atoms with E-state index in [0.29, 0.717) is 18.8 Å². The van der Waals surface area contributed by atoms with E-state index in [4.69, 9.17) is 11.6 Å². The van der Waals surface area contributed by atoms with Gasteiger partial charge in [-0.15, -0.1) is 11.6 Å². The smallest absolute Gasteiger partial charge is 0.245 e. The number of carbonyl (C=O) groups is 1. The van der Waals surface area contributed by atoms with Crippen LogP contribution in [0.1, 0.15) is 31.3 Å².